The molecule has 2 aromatic carbocycles. The first kappa shape index (κ1) is 14.4. The molecule has 2 aromatic rings. The van der Waals surface area contributed by atoms with Crippen LogP contribution in [-0.2, 0) is 13.0 Å². The van der Waals surface area contributed by atoms with Gasteiger partial charge in [0, 0.05) is 18.8 Å². The van der Waals surface area contributed by atoms with Crippen LogP contribution in [0.3, 0.4) is 0 Å². The second kappa shape index (κ2) is 7.56. The summed E-state index contributed by atoms with van der Waals surface area (Å²) in [5, 5.41) is 12.3. The van der Waals surface area contributed by atoms with Crippen LogP contribution in [-0.4, -0.2) is 18.8 Å². The van der Waals surface area contributed by atoms with Crippen molar-refractivity contribution in [3.63, 3.8) is 0 Å². The van der Waals surface area contributed by atoms with Crippen LogP contribution in [0.15, 0.2) is 48.5 Å². The molecular formula is C17H21NO2. The number of rotatable bonds is 7. The summed E-state index contributed by atoms with van der Waals surface area (Å²) in [5.74, 6) is 0.875. The van der Waals surface area contributed by atoms with Crippen LogP contribution in [0.2, 0.25) is 0 Å². The average molecular weight is 271 g/mol. The first-order valence-corrected chi connectivity index (χ1v) is 6.88. The van der Waals surface area contributed by atoms with Crippen molar-refractivity contribution in [2.24, 2.45) is 0 Å². The summed E-state index contributed by atoms with van der Waals surface area (Å²) in [6, 6.07) is 16.4. The Morgan fingerprint density at radius 3 is 2.55 bits per heavy atom. The molecule has 0 fully saturated rings. The number of nitrogens with one attached hydrogen (secondary N) is 1. The largest absolute Gasteiger partial charge is 0.497 e. The molecular weight excluding hydrogens is 250 g/mol. The van der Waals surface area contributed by atoms with E-state index in [1.807, 2.05) is 18.2 Å². The zero-order chi connectivity index (χ0) is 14.2. The van der Waals surface area contributed by atoms with E-state index in [1.165, 1.54) is 11.1 Å². The van der Waals surface area contributed by atoms with Crippen molar-refractivity contribution in [2.45, 2.75) is 19.4 Å². The minimum absolute atomic E-state index is 0.240. The standard InChI is InChI=1S/C17H21NO2/c1-20-17-9-7-15(8-10-17)13-18-16-6-2-4-14(12-16)5-3-11-19/h2,4,6-10,12,18-19H,3,5,11,13H2,1H3. The Balaban J connectivity index is 1.92. The highest BCUT2D eigenvalue weighted by molar-refractivity contribution is 5.46. The Bertz CT molecular complexity index is 523. The molecule has 0 aromatic heterocycles. The number of benzene rings is 2. The fourth-order valence-electron chi connectivity index (χ4n) is 2.07. The molecule has 0 aliphatic heterocycles. The lowest BCUT2D eigenvalue weighted by Crippen LogP contribution is -2.00. The van der Waals surface area contributed by atoms with Gasteiger partial charge in [0.1, 0.15) is 5.75 Å². The maximum Gasteiger partial charge on any atom is 0.118 e. The van der Waals surface area contributed by atoms with E-state index in [0.29, 0.717) is 0 Å². The highest BCUT2D eigenvalue weighted by atomic mass is 16.5. The lowest BCUT2D eigenvalue weighted by atomic mass is 10.1. The number of ether oxygens (including phenoxy) is 1. The van der Waals surface area contributed by atoms with Crippen molar-refractivity contribution in [1.29, 1.82) is 0 Å². The average Bonchev–Trinajstić information content (AvgIpc) is 2.52. The van der Waals surface area contributed by atoms with Crippen molar-refractivity contribution in [1.82, 2.24) is 0 Å². The molecule has 0 atom stereocenters. The van der Waals surface area contributed by atoms with E-state index in [9.17, 15) is 0 Å². The Morgan fingerprint density at radius 1 is 1.05 bits per heavy atom. The van der Waals surface area contributed by atoms with Gasteiger partial charge in [0.05, 0.1) is 7.11 Å². The zero-order valence-electron chi connectivity index (χ0n) is 11.8. The maximum absolute atomic E-state index is 8.87. The second-order valence-corrected chi connectivity index (χ2v) is 4.73. The number of hydrogen-bond acceptors (Lipinski definition) is 3. The summed E-state index contributed by atoms with van der Waals surface area (Å²) in [6.07, 6.45) is 1.72. The first-order chi connectivity index (χ1) is 9.81. The Hall–Kier alpha value is -2.00. The highest BCUT2D eigenvalue weighted by Gasteiger charge is 1.98. The van der Waals surface area contributed by atoms with Crippen molar-refractivity contribution >= 4 is 5.69 Å². The Labute approximate surface area is 120 Å². The van der Waals surface area contributed by atoms with Crippen LogP contribution in [0.4, 0.5) is 5.69 Å². The van der Waals surface area contributed by atoms with Crippen molar-refractivity contribution < 1.29 is 9.84 Å². The number of methoxy groups -OCH3 is 1. The topological polar surface area (TPSA) is 41.5 Å². The van der Waals surface area contributed by atoms with Crippen LogP contribution in [0, 0.1) is 0 Å². The van der Waals surface area contributed by atoms with Gasteiger partial charge in [0.15, 0.2) is 0 Å². The maximum atomic E-state index is 8.87. The fraction of sp³-hybridized carbons (Fsp3) is 0.294. The van der Waals surface area contributed by atoms with E-state index in [2.05, 4.69) is 35.6 Å². The van der Waals surface area contributed by atoms with Gasteiger partial charge in [-0.15, -0.1) is 0 Å². The predicted octanol–water partition coefficient (Wildman–Crippen LogP) is 3.23. The van der Waals surface area contributed by atoms with Crippen molar-refractivity contribution in [3.8, 4) is 5.75 Å². The molecule has 0 aliphatic carbocycles. The van der Waals surface area contributed by atoms with Gasteiger partial charge in [-0.3, -0.25) is 0 Å². The Morgan fingerprint density at radius 2 is 1.85 bits per heavy atom. The summed E-state index contributed by atoms with van der Waals surface area (Å²) < 4.78 is 5.14. The molecule has 0 unspecified atom stereocenters. The summed E-state index contributed by atoms with van der Waals surface area (Å²) in [6.45, 7) is 1.02. The van der Waals surface area contributed by atoms with Crippen LogP contribution >= 0.6 is 0 Å². The molecule has 106 valence electrons. The molecule has 0 spiro atoms. The fourth-order valence-corrected chi connectivity index (χ4v) is 2.07. The summed E-state index contributed by atoms with van der Waals surface area (Å²) in [5.41, 5.74) is 3.57. The minimum atomic E-state index is 0.240. The van der Waals surface area contributed by atoms with E-state index >= 15 is 0 Å². The van der Waals surface area contributed by atoms with Crippen LogP contribution in [0.1, 0.15) is 17.5 Å². The van der Waals surface area contributed by atoms with Gasteiger partial charge < -0.3 is 15.2 Å². The Kier molecular flexibility index (Phi) is 5.44. The molecule has 0 amide bonds. The normalized spacial score (nSPS) is 10.3. The molecule has 3 heteroatoms. The first-order valence-electron chi connectivity index (χ1n) is 6.88. The minimum Gasteiger partial charge on any atom is -0.497 e. The molecule has 2 N–H and O–H groups in total. The molecule has 0 radical (unpaired) electrons. The predicted molar refractivity (Wildman–Crippen MR) is 82.2 cm³/mol. The number of hydrogen-bond donors (Lipinski definition) is 2. The zero-order valence-corrected chi connectivity index (χ0v) is 11.8. The van der Waals surface area contributed by atoms with E-state index in [0.717, 1.165) is 30.8 Å². The monoisotopic (exact) mass is 271 g/mol. The van der Waals surface area contributed by atoms with Crippen LogP contribution in [0.5, 0.6) is 5.75 Å². The van der Waals surface area contributed by atoms with Gasteiger partial charge in [-0.05, 0) is 48.2 Å². The van der Waals surface area contributed by atoms with E-state index in [4.69, 9.17) is 9.84 Å². The summed E-state index contributed by atoms with van der Waals surface area (Å²) in [4.78, 5) is 0. The smallest absolute Gasteiger partial charge is 0.118 e. The lowest BCUT2D eigenvalue weighted by Gasteiger charge is -2.09. The number of aliphatic hydroxyl groups excluding tert-OH is 1. The number of aliphatic hydroxyl groups is 1. The van der Waals surface area contributed by atoms with Gasteiger partial charge in [-0.25, -0.2) is 0 Å². The lowest BCUT2D eigenvalue weighted by molar-refractivity contribution is 0.288. The molecule has 0 saturated heterocycles. The molecule has 2 rings (SSSR count). The molecule has 0 heterocycles. The van der Waals surface area contributed by atoms with Crippen molar-refractivity contribution in [3.05, 3.63) is 59.7 Å². The summed E-state index contributed by atoms with van der Waals surface area (Å²) in [7, 11) is 1.67. The number of anilines is 1. The van der Waals surface area contributed by atoms with Gasteiger partial charge in [0.25, 0.3) is 0 Å². The van der Waals surface area contributed by atoms with Crippen LogP contribution in [0.25, 0.3) is 0 Å². The van der Waals surface area contributed by atoms with Gasteiger partial charge in [0.2, 0.25) is 0 Å². The quantitative estimate of drug-likeness (QED) is 0.812. The molecule has 0 bridgehead atoms. The third-order valence-corrected chi connectivity index (χ3v) is 3.21. The van der Waals surface area contributed by atoms with Crippen molar-refractivity contribution in [2.75, 3.05) is 19.0 Å². The molecule has 0 saturated carbocycles. The van der Waals surface area contributed by atoms with E-state index in [-0.39, 0.29) is 6.61 Å². The van der Waals surface area contributed by atoms with Gasteiger partial charge in [-0.2, -0.15) is 0 Å². The highest BCUT2D eigenvalue weighted by Crippen LogP contribution is 2.15. The molecule has 0 aliphatic rings. The SMILES string of the molecule is COc1ccc(CNc2cccc(CCCO)c2)cc1. The van der Waals surface area contributed by atoms with Gasteiger partial charge in [-0.1, -0.05) is 24.3 Å². The third kappa shape index (κ3) is 4.28. The van der Waals surface area contributed by atoms with E-state index in [1.54, 1.807) is 7.11 Å². The molecule has 3 nitrogen and oxygen atoms in total. The van der Waals surface area contributed by atoms with E-state index < -0.39 is 0 Å². The number of aryl methyl sites for hydroxylation is 1. The molecule has 20 heavy (non-hydrogen) atoms. The third-order valence-electron chi connectivity index (χ3n) is 3.21. The van der Waals surface area contributed by atoms with Crippen LogP contribution < -0.4 is 10.1 Å². The second-order valence-electron chi connectivity index (χ2n) is 4.73. The summed E-state index contributed by atoms with van der Waals surface area (Å²) >= 11 is 0. The van der Waals surface area contributed by atoms with Gasteiger partial charge >= 0.3 is 0 Å².